The third-order valence-corrected chi connectivity index (χ3v) is 3.33. The molecule has 98 valence electrons. The molecule has 4 nitrogen and oxygen atoms in total. The Hall–Kier alpha value is -1.23. The van der Waals surface area contributed by atoms with E-state index >= 15 is 0 Å². The third-order valence-electron chi connectivity index (χ3n) is 2.83. The molecule has 1 aliphatic heterocycles. The molecule has 0 fully saturated rings. The first kappa shape index (κ1) is 13.2. The highest BCUT2D eigenvalue weighted by Crippen LogP contribution is 2.38. The Kier molecular flexibility index (Phi) is 3.52. The number of nitrogens with one attached hydrogen (secondary N) is 1. The van der Waals surface area contributed by atoms with Crippen molar-refractivity contribution in [1.29, 1.82) is 0 Å². The smallest absolute Gasteiger partial charge is 0.239 e. The maximum Gasteiger partial charge on any atom is 0.239 e. The topological polar surface area (TPSA) is 41.6 Å². The van der Waals surface area contributed by atoms with Crippen molar-refractivity contribution >= 4 is 27.5 Å². The molecule has 0 bridgehead atoms. The number of halogens is 1. The van der Waals surface area contributed by atoms with Crippen LogP contribution in [-0.4, -0.2) is 31.6 Å². The van der Waals surface area contributed by atoms with Gasteiger partial charge >= 0.3 is 0 Å². The predicted octanol–water partition coefficient (Wildman–Crippen LogP) is 2.17. The molecule has 5 heteroatoms. The number of amides is 1. The summed E-state index contributed by atoms with van der Waals surface area (Å²) in [5.41, 5.74) is 0.656. The van der Waals surface area contributed by atoms with Gasteiger partial charge in [0.2, 0.25) is 5.91 Å². The third kappa shape index (κ3) is 2.77. The largest absolute Gasteiger partial charge is 0.484 e. The van der Waals surface area contributed by atoms with Crippen molar-refractivity contribution in [3.63, 3.8) is 0 Å². The van der Waals surface area contributed by atoms with Gasteiger partial charge in [0.15, 0.2) is 0 Å². The van der Waals surface area contributed by atoms with Crippen LogP contribution in [0.15, 0.2) is 22.7 Å². The lowest BCUT2D eigenvalue weighted by Crippen LogP contribution is -2.49. The Balaban J connectivity index is 2.34. The molecule has 1 N–H and O–H groups in total. The number of hydrogen-bond acceptors (Lipinski definition) is 3. The Bertz CT molecular complexity index is 474. The van der Waals surface area contributed by atoms with Crippen LogP contribution in [0.25, 0.3) is 0 Å². The second-order valence-corrected chi connectivity index (χ2v) is 5.92. The quantitative estimate of drug-likeness (QED) is 0.910. The molecule has 18 heavy (non-hydrogen) atoms. The van der Waals surface area contributed by atoms with Gasteiger partial charge in [-0.15, -0.1) is 0 Å². The summed E-state index contributed by atoms with van der Waals surface area (Å²) < 4.78 is 6.91. The summed E-state index contributed by atoms with van der Waals surface area (Å²) in [5.74, 6) is 0.811. The predicted molar refractivity (Wildman–Crippen MR) is 75.1 cm³/mol. The van der Waals surface area contributed by atoms with Crippen molar-refractivity contribution in [2.45, 2.75) is 19.4 Å². The number of likely N-dealkylation sites (N-methyl/N-ethyl adjacent to an activating group) is 1. The molecule has 0 spiro atoms. The highest BCUT2D eigenvalue weighted by atomic mass is 79.9. The van der Waals surface area contributed by atoms with Crippen LogP contribution >= 0.6 is 15.9 Å². The summed E-state index contributed by atoms with van der Waals surface area (Å²) in [4.78, 5) is 13.6. The minimum atomic E-state index is -0.304. The zero-order valence-electron chi connectivity index (χ0n) is 10.8. The molecule has 0 saturated carbocycles. The van der Waals surface area contributed by atoms with Crippen LogP contribution in [0.3, 0.4) is 0 Å². The summed E-state index contributed by atoms with van der Waals surface area (Å²) in [6.07, 6.45) is 0. The number of fused-ring (bicyclic) bond motifs is 1. The first-order chi connectivity index (χ1) is 8.41. The van der Waals surface area contributed by atoms with E-state index in [1.807, 2.05) is 36.9 Å². The molecule has 0 atom stereocenters. The van der Waals surface area contributed by atoms with Crippen LogP contribution in [0, 0.1) is 0 Å². The van der Waals surface area contributed by atoms with Gasteiger partial charge in [-0.1, -0.05) is 15.9 Å². The molecule has 2 rings (SSSR count). The van der Waals surface area contributed by atoms with Gasteiger partial charge in [0.25, 0.3) is 0 Å². The van der Waals surface area contributed by atoms with E-state index in [2.05, 4.69) is 21.2 Å². The summed E-state index contributed by atoms with van der Waals surface area (Å²) >= 11 is 3.43. The van der Waals surface area contributed by atoms with Crippen molar-refractivity contribution < 1.29 is 9.53 Å². The monoisotopic (exact) mass is 312 g/mol. The first-order valence-corrected chi connectivity index (χ1v) is 6.65. The van der Waals surface area contributed by atoms with E-state index in [0.29, 0.717) is 13.1 Å². The van der Waals surface area contributed by atoms with Crippen LogP contribution in [0.4, 0.5) is 5.69 Å². The van der Waals surface area contributed by atoms with Gasteiger partial charge in [-0.2, -0.15) is 0 Å². The summed E-state index contributed by atoms with van der Waals surface area (Å²) in [6, 6.07) is 5.86. The number of hydrogen-bond donors (Lipinski definition) is 1. The standard InChI is InChI=1S/C13H17BrN2O2/c1-13(2)8-16(7-12(17)15-3)10-5-4-9(14)6-11(10)18-13/h4-6H,7-8H2,1-3H3,(H,15,17). The highest BCUT2D eigenvalue weighted by molar-refractivity contribution is 9.10. The minimum absolute atomic E-state index is 0.00145. The van der Waals surface area contributed by atoms with Gasteiger partial charge in [0.05, 0.1) is 18.8 Å². The number of carbonyl (C=O) groups excluding carboxylic acids is 1. The fourth-order valence-corrected chi connectivity index (χ4v) is 2.44. The lowest BCUT2D eigenvalue weighted by atomic mass is 10.1. The summed E-state index contributed by atoms with van der Waals surface area (Å²) in [6.45, 7) is 5.08. The second kappa shape index (κ2) is 4.80. The van der Waals surface area contributed by atoms with Crippen LogP contribution in [0.1, 0.15) is 13.8 Å². The fraction of sp³-hybridized carbons (Fsp3) is 0.462. The van der Waals surface area contributed by atoms with Crippen molar-refractivity contribution in [1.82, 2.24) is 5.32 Å². The molecule has 1 aromatic carbocycles. The molecule has 0 saturated heterocycles. The number of ether oxygens (including phenoxy) is 1. The van der Waals surface area contributed by atoms with Crippen molar-refractivity contribution in [3.8, 4) is 5.75 Å². The number of anilines is 1. The summed E-state index contributed by atoms with van der Waals surface area (Å²) in [7, 11) is 1.65. The van der Waals surface area contributed by atoms with Gasteiger partial charge < -0.3 is 15.0 Å². The second-order valence-electron chi connectivity index (χ2n) is 5.00. The lowest BCUT2D eigenvalue weighted by molar-refractivity contribution is -0.119. The number of carbonyl (C=O) groups is 1. The van der Waals surface area contributed by atoms with Gasteiger partial charge in [-0.3, -0.25) is 4.79 Å². The first-order valence-electron chi connectivity index (χ1n) is 5.85. The molecule has 1 aliphatic rings. The average molecular weight is 313 g/mol. The maximum absolute atomic E-state index is 11.6. The normalized spacial score (nSPS) is 16.8. The van der Waals surface area contributed by atoms with Gasteiger partial charge in [0, 0.05) is 11.5 Å². The fourth-order valence-electron chi connectivity index (χ4n) is 2.10. The molecule has 0 radical (unpaired) electrons. The molecule has 0 aliphatic carbocycles. The van der Waals surface area contributed by atoms with E-state index in [1.54, 1.807) is 7.05 Å². The van der Waals surface area contributed by atoms with Crippen LogP contribution in [0.2, 0.25) is 0 Å². The van der Waals surface area contributed by atoms with Crippen LogP contribution in [0.5, 0.6) is 5.75 Å². The molecule has 0 unspecified atom stereocenters. The van der Waals surface area contributed by atoms with Crippen molar-refractivity contribution in [2.75, 3.05) is 25.0 Å². The molecular formula is C13H17BrN2O2. The molecule has 1 aromatic rings. The van der Waals surface area contributed by atoms with Crippen molar-refractivity contribution in [2.24, 2.45) is 0 Å². The van der Waals surface area contributed by atoms with Gasteiger partial charge in [-0.05, 0) is 32.0 Å². The lowest BCUT2D eigenvalue weighted by Gasteiger charge is -2.40. The minimum Gasteiger partial charge on any atom is -0.484 e. The maximum atomic E-state index is 11.6. The molecular weight excluding hydrogens is 296 g/mol. The molecule has 1 amide bonds. The van der Waals surface area contributed by atoms with E-state index in [4.69, 9.17) is 4.74 Å². The molecule has 0 aromatic heterocycles. The Morgan fingerprint density at radius 3 is 2.94 bits per heavy atom. The number of nitrogens with zero attached hydrogens (tertiary/aromatic N) is 1. The van der Waals surface area contributed by atoms with E-state index < -0.39 is 0 Å². The van der Waals surface area contributed by atoms with Crippen LogP contribution < -0.4 is 15.0 Å². The average Bonchev–Trinajstić information content (AvgIpc) is 2.26. The van der Waals surface area contributed by atoms with Gasteiger partial charge in [-0.25, -0.2) is 0 Å². The SMILES string of the molecule is CNC(=O)CN1CC(C)(C)Oc2cc(Br)ccc21. The zero-order valence-corrected chi connectivity index (χ0v) is 12.4. The highest BCUT2D eigenvalue weighted by Gasteiger charge is 2.32. The van der Waals surface area contributed by atoms with E-state index in [0.717, 1.165) is 15.9 Å². The Morgan fingerprint density at radius 2 is 2.28 bits per heavy atom. The van der Waals surface area contributed by atoms with Gasteiger partial charge in [0.1, 0.15) is 11.4 Å². The summed E-state index contributed by atoms with van der Waals surface area (Å²) in [5, 5.41) is 2.65. The van der Waals surface area contributed by atoms with E-state index in [1.165, 1.54) is 0 Å². The number of benzene rings is 1. The number of rotatable bonds is 2. The zero-order chi connectivity index (χ0) is 13.3. The Labute approximate surface area is 115 Å². The van der Waals surface area contributed by atoms with Crippen LogP contribution in [-0.2, 0) is 4.79 Å². The molecule has 1 heterocycles. The van der Waals surface area contributed by atoms with E-state index in [9.17, 15) is 4.79 Å². The van der Waals surface area contributed by atoms with E-state index in [-0.39, 0.29) is 11.5 Å². The van der Waals surface area contributed by atoms with Crippen molar-refractivity contribution in [3.05, 3.63) is 22.7 Å². The Morgan fingerprint density at radius 1 is 1.56 bits per heavy atom.